The van der Waals surface area contributed by atoms with Crippen LogP contribution in [0.25, 0.3) is 5.65 Å². The Labute approximate surface area is 104 Å². The van der Waals surface area contributed by atoms with Crippen LogP contribution in [0.1, 0.15) is 18.7 Å². The van der Waals surface area contributed by atoms with Crippen LogP contribution >= 0.6 is 11.6 Å². The Balaban J connectivity index is 1.76. The fourth-order valence-corrected chi connectivity index (χ4v) is 2.39. The minimum absolute atomic E-state index is 0.455. The average Bonchev–Trinajstić information content (AvgIpc) is 2.94. The maximum atomic E-state index is 5.81. The summed E-state index contributed by atoms with van der Waals surface area (Å²) in [5.74, 6) is 0.955. The van der Waals surface area contributed by atoms with Crippen molar-refractivity contribution in [2.24, 2.45) is 0 Å². The molecule has 3 heterocycles. The van der Waals surface area contributed by atoms with Crippen molar-refractivity contribution < 1.29 is 0 Å². The van der Waals surface area contributed by atoms with Gasteiger partial charge in [-0.05, 0) is 25.9 Å². The zero-order valence-electron chi connectivity index (χ0n) is 9.51. The van der Waals surface area contributed by atoms with E-state index in [1.165, 1.54) is 25.9 Å². The molecule has 1 saturated heterocycles. The van der Waals surface area contributed by atoms with E-state index in [2.05, 4.69) is 20.1 Å². The molecule has 3 rings (SSSR count). The van der Waals surface area contributed by atoms with E-state index in [0.717, 1.165) is 24.4 Å². The van der Waals surface area contributed by atoms with E-state index >= 15 is 0 Å². The number of rotatable bonds is 3. The number of halogens is 1. The predicted octanol–water partition coefficient (Wildman–Crippen LogP) is 1.42. The lowest BCUT2D eigenvalue weighted by atomic mass is 10.3. The molecule has 1 aliphatic heterocycles. The molecule has 1 fully saturated rings. The molecule has 0 atom stereocenters. The van der Waals surface area contributed by atoms with Crippen molar-refractivity contribution in [1.29, 1.82) is 0 Å². The summed E-state index contributed by atoms with van der Waals surface area (Å²) in [6, 6.07) is 1.73. The Bertz CT molecular complexity index is 518. The van der Waals surface area contributed by atoms with Crippen molar-refractivity contribution in [1.82, 2.24) is 24.5 Å². The second-order valence-electron chi connectivity index (χ2n) is 4.35. The van der Waals surface area contributed by atoms with Gasteiger partial charge < -0.3 is 4.90 Å². The Morgan fingerprint density at radius 2 is 2.06 bits per heavy atom. The predicted molar refractivity (Wildman–Crippen MR) is 65.2 cm³/mol. The van der Waals surface area contributed by atoms with Gasteiger partial charge in [0, 0.05) is 19.0 Å². The average molecular weight is 252 g/mol. The van der Waals surface area contributed by atoms with Crippen molar-refractivity contribution in [2.45, 2.75) is 19.3 Å². The molecule has 0 aromatic carbocycles. The molecule has 2 aromatic rings. The summed E-state index contributed by atoms with van der Waals surface area (Å²) in [6.45, 7) is 3.46. The fraction of sp³-hybridized carbons (Fsp3) is 0.545. The molecule has 0 spiro atoms. The van der Waals surface area contributed by atoms with Crippen LogP contribution in [0.3, 0.4) is 0 Å². The standard InChI is InChI=1S/C11H14ClN5/c12-9-7-11-15-14-10(17(11)8-13-9)3-6-16-4-1-2-5-16/h7-8H,1-6H2. The van der Waals surface area contributed by atoms with Crippen molar-refractivity contribution in [2.75, 3.05) is 19.6 Å². The largest absolute Gasteiger partial charge is 0.303 e. The summed E-state index contributed by atoms with van der Waals surface area (Å²) in [5.41, 5.74) is 0.765. The highest BCUT2D eigenvalue weighted by Gasteiger charge is 2.13. The van der Waals surface area contributed by atoms with E-state index in [9.17, 15) is 0 Å². The van der Waals surface area contributed by atoms with Gasteiger partial charge in [0.1, 0.15) is 17.3 Å². The molecule has 6 heteroatoms. The number of hydrogen-bond donors (Lipinski definition) is 0. The topological polar surface area (TPSA) is 46.3 Å². The van der Waals surface area contributed by atoms with Crippen LogP contribution in [0.15, 0.2) is 12.4 Å². The summed E-state index contributed by atoms with van der Waals surface area (Å²) < 4.78 is 1.90. The number of fused-ring (bicyclic) bond motifs is 1. The summed E-state index contributed by atoms with van der Waals surface area (Å²) >= 11 is 5.81. The molecule has 2 aromatic heterocycles. The molecule has 0 aliphatic carbocycles. The van der Waals surface area contributed by atoms with Crippen molar-refractivity contribution in [3.8, 4) is 0 Å². The number of likely N-dealkylation sites (tertiary alicyclic amines) is 1. The highest BCUT2D eigenvalue weighted by molar-refractivity contribution is 6.29. The van der Waals surface area contributed by atoms with Crippen LogP contribution in [-0.4, -0.2) is 44.1 Å². The molecular weight excluding hydrogens is 238 g/mol. The summed E-state index contributed by atoms with van der Waals surface area (Å²) in [6.07, 6.45) is 5.23. The van der Waals surface area contributed by atoms with Crippen LogP contribution in [-0.2, 0) is 6.42 Å². The van der Waals surface area contributed by atoms with Gasteiger partial charge in [0.15, 0.2) is 5.65 Å². The van der Waals surface area contributed by atoms with Gasteiger partial charge in [-0.2, -0.15) is 0 Å². The lowest BCUT2D eigenvalue weighted by Gasteiger charge is -2.12. The molecule has 0 N–H and O–H groups in total. The van der Waals surface area contributed by atoms with E-state index in [4.69, 9.17) is 11.6 Å². The summed E-state index contributed by atoms with van der Waals surface area (Å²) in [5, 5.41) is 8.73. The van der Waals surface area contributed by atoms with Gasteiger partial charge in [0.2, 0.25) is 0 Å². The fourth-order valence-electron chi connectivity index (χ4n) is 2.25. The zero-order valence-corrected chi connectivity index (χ0v) is 10.3. The van der Waals surface area contributed by atoms with Crippen LogP contribution in [0, 0.1) is 0 Å². The van der Waals surface area contributed by atoms with Gasteiger partial charge in [0.05, 0.1) is 0 Å². The Morgan fingerprint density at radius 1 is 1.24 bits per heavy atom. The third-order valence-corrected chi connectivity index (χ3v) is 3.39. The molecule has 0 saturated carbocycles. The molecule has 90 valence electrons. The minimum atomic E-state index is 0.455. The third-order valence-electron chi connectivity index (χ3n) is 3.19. The quantitative estimate of drug-likeness (QED) is 0.774. The van der Waals surface area contributed by atoms with Gasteiger partial charge in [-0.3, -0.25) is 4.40 Å². The van der Waals surface area contributed by atoms with Crippen molar-refractivity contribution >= 4 is 17.2 Å². The van der Waals surface area contributed by atoms with E-state index in [-0.39, 0.29) is 0 Å². The molecular formula is C11H14ClN5. The van der Waals surface area contributed by atoms with E-state index in [1.807, 2.05) is 4.40 Å². The van der Waals surface area contributed by atoms with Crippen molar-refractivity contribution in [3.63, 3.8) is 0 Å². The van der Waals surface area contributed by atoms with E-state index < -0.39 is 0 Å². The molecule has 5 nitrogen and oxygen atoms in total. The van der Waals surface area contributed by atoms with Crippen molar-refractivity contribution in [3.05, 3.63) is 23.4 Å². The Hall–Kier alpha value is -1.20. The van der Waals surface area contributed by atoms with Crippen LogP contribution in [0.4, 0.5) is 0 Å². The molecule has 0 bridgehead atoms. The van der Waals surface area contributed by atoms with Gasteiger partial charge >= 0.3 is 0 Å². The van der Waals surface area contributed by atoms with Gasteiger partial charge in [-0.1, -0.05) is 11.6 Å². The van der Waals surface area contributed by atoms with E-state index in [0.29, 0.717) is 5.15 Å². The number of nitrogens with zero attached hydrogens (tertiary/aromatic N) is 5. The highest BCUT2D eigenvalue weighted by Crippen LogP contribution is 2.11. The van der Waals surface area contributed by atoms with Gasteiger partial charge in [0.25, 0.3) is 0 Å². The summed E-state index contributed by atoms with van der Waals surface area (Å²) in [7, 11) is 0. The van der Waals surface area contributed by atoms with Crippen LogP contribution in [0.2, 0.25) is 5.15 Å². The first-order chi connectivity index (χ1) is 8.33. The maximum Gasteiger partial charge on any atom is 0.165 e. The maximum absolute atomic E-state index is 5.81. The second kappa shape index (κ2) is 4.58. The lowest BCUT2D eigenvalue weighted by Crippen LogP contribution is -2.22. The van der Waals surface area contributed by atoms with Gasteiger partial charge in [-0.25, -0.2) is 4.98 Å². The second-order valence-corrected chi connectivity index (χ2v) is 4.74. The molecule has 0 radical (unpaired) electrons. The summed E-state index contributed by atoms with van der Waals surface area (Å²) in [4.78, 5) is 6.52. The first-order valence-electron chi connectivity index (χ1n) is 5.90. The lowest BCUT2D eigenvalue weighted by molar-refractivity contribution is 0.340. The molecule has 0 amide bonds. The van der Waals surface area contributed by atoms with Crippen LogP contribution in [0.5, 0.6) is 0 Å². The first-order valence-corrected chi connectivity index (χ1v) is 6.28. The zero-order chi connectivity index (χ0) is 11.7. The molecule has 0 unspecified atom stereocenters. The number of hydrogen-bond acceptors (Lipinski definition) is 4. The minimum Gasteiger partial charge on any atom is -0.303 e. The Morgan fingerprint density at radius 3 is 2.88 bits per heavy atom. The van der Waals surface area contributed by atoms with Crippen LogP contribution < -0.4 is 0 Å². The SMILES string of the molecule is Clc1cc2nnc(CCN3CCCC3)n2cn1. The van der Waals surface area contributed by atoms with Gasteiger partial charge in [-0.15, -0.1) is 10.2 Å². The number of aromatic nitrogens is 4. The smallest absolute Gasteiger partial charge is 0.165 e. The molecule has 1 aliphatic rings. The third kappa shape index (κ3) is 2.25. The Kier molecular flexibility index (Phi) is 2.94. The van der Waals surface area contributed by atoms with E-state index in [1.54, 1.807) is 12.4 Å². The monoisotopic (exact) mass is 251 g/mol. The highest BCUT2D eigenvalue weighted by atomic mass is 35.5. The normalized spacial score (nSPS) is 17.0. The first kappa shape index (κ1) is 10.9. The molecule has 17 heavy (non-hydrogen) atoms.